The highest BCUT2D eigenvalue weighted by Crippen LogP contribution is 2.23. The number of carbonyl (C=O) groups excluding carboxylic acids is 2. The minimum Gasteiger partial charge on any atom is -0.462 e. The highest BCUT2D eigenvalue weighted by Gasteiger charge is 2.11. The molecular weight excluding hydrogens is 270 g/mol. The Bertz CT molecular complexity index is 462. The van der Waals surface area contributed by atoms with E-state index in [1.54, 1.807) is 6.07 Å². The predicted octanol–water partition coefficient (Wildman–Crippen LogP) is 2.49. The number of esters is 1. The molecule has 0 aliphatic heterocycles. The van der Waals surface area contributed by atoms with Crippen molar-refractivity contribution in [1.82, 2.24) is 0 Å². The van der Waals surface area contributed by atoms with E-state index in [9.17, 15) is 9.59 Å². The number of hydrogen-bond acceptors (Lipinski definition) is 4. The molecule has 5 nitrogen and oxygen atoms in total. The summed E-state index contributed by atoms with van der Waals surface area (Å²) in [5, 5.41) is 2.90. The van der Waals surface area contributed by atoms with Gasteiger partial charge in [0.15, 0.2) is 0 Å². The standard InChI is InChI=1S/C13H16ClNO4/c1-3-6-19-13(17)9-4-5-10(14)11(7-9)15-12(16)8-18-2/h4-5,7H,3,6,8H2,1-2H3,(H,15,16). The first kappa shape index (κ1) is 15.5. The van der Waals surface area contributed by atoms with Gasteiger partial charge in [0.05, 0.1) is 22.9 Å². The Kier molecular flexibility index (Phi) is 6.32. The maximum atomic E-state index is 11.7. The Morgan fingerprint density at radius 3 is 2.74 bits per heavy atom. The van der Waals surface area contributed by atoms with Crippen LogP contribution in [0.3, 0.4) is 0 Å². The second kappa shape index (κ2) is 7.76. The van der Waals surface area contributed by atoms with E-state index in [1.165, 1.54) is 19.2 Å². The minimum atomic E-state index is -0.444. The van der Waals surface area contributed by atoms with Gasteiger partial charge in [-0.3, -0.25) is 4.79 Å². The molecular formula is C13H16ClNO4. The Hall–Kier alpha value is -1.59. The van der Waals surface area contributed by atoms with Crippen LogP contribution in [-0.4, -0.2) is 32.2 Å². The van der Waals surface area contributed by atoms with Crippen molar-refractivity contribution in [2.45, 2.75) is 13.3 Å². The molecule has 1 amide bonds. The van der Waals surface area contributed by atoms with E-state index >= 15 is 0 Å². The van der Waals surface area contributed by atoms with Crippen LogP contribution in [-0.2, 0) is 14.3 Å². The van der Waals surface area contributed by atoms with E-state index in [0.29, 0.717) is 22.9 Å². The van der Waals surface area contributed by atoms with Crippen LogP contribution in [0.1, 0.15) is 23.7 Å². The fourth-order valence-electron chi connectivity index (χ4n) is 1.34. The molecule has 1 aromatic rings. The molecule has 6 heteroatoms. The Morgan fingerprint density at radius 2 is 2.11 bits per heavy atom. The lowest BCUT2D eigenvalue weighted by Gasteiger charge is -2.09. The lowest BCUT2D eigenvalue weighted by Crippen LogP contribution is -2.17. The molecule has 0 aromatic heterocycles. The van der Waals surface area contributed by atoms with Gasteiger partial charge in [0.1, 0.15) is 6.61 Å². The number of carbonyl (C=O) groups is 2. The number of anilines is 1. The number of benzene rings is 1. The second-order valence-electron chi connectivity index (χ2n) is 3.81. The molecule has 0 radical (unpaired) electrons. The van der Waals surface area contributed by atoms with Crippen LogP contribution in [0.2, 0.25) is 5.02 Å². The van der Waals surface area contributed by atoms with Crippen molar-refractivity contribution in [3.05, 3.63) is 28.8 Å². The lowest BCUT2D eigenvalue weighted by atomic mass is 10.2. The molecule has 104 valence electrons. The van der Waals surface area contributed by atoms with Gasteiger partial charge in [-0.05, 0) is 24.6 Å². The quantitative estimate of drug-likeness (QED) is 0.816. The van der Waals surface area contributed by atoms with Crippen molar-refractivity contribution >= 4 is 29.2 Å². The molecule has 1 N–H and O–H groups in total. The molecule has 19 heavy (non-hydrogen) atoms. The van der Waals surface area contributed by atoms with Crippen LogP contribution in [0.25, 0.3) is 0 Å². The molecule has 0 bridgehead atoms. The van der Waals surface area contributed by atoms with E-state index in [1.807, 2.05) is 6.92 Å². The Labute approximate surface area is 116 Å². The number of amides is 1. The van der Waals surface area contributed by atoms with Gasteiger partial charge in [-0.25, -0.2) is 4.79 Å². The van der Waals surface area contributed by atoms with E-state index in [2.05, 4.69) is 5.32 Å². The first-order valence-electron chi connectivity index (χ1n) is 5.84. The van der Waals surface area contributed by atoms with Crippen LogP contribution >= 0.6 is 11.6 Å². The molecule has 0 saturated heterocycles. The van der Waals surface area contributed by atoms with E-state index in [4.69, 9.17) is 21.1 Å². The number of methoxy groups -OCH3 is 1. The molecule has 0 saturated carbocycles. The third kappa shape index (κ3) is 4.89. The zero-order valence-corrected chi connectivity index (χ0v) is 11.6. The number of nitrogens with one attached hydrogen (secondary N) is 1. The summed E-state index contributed by atoms with van der Waals surface area (Å²) in [6.07, 6.45) is 0.747. The van der Waals surface area contributed by atoms with Gasteiger partial charge in [0, 0.05) is 7.11 Å². The summed E-state index contributed by atoms with van der Waals surface area (Å²) in [6, 6.07) is 4.56. The Balaban J connectivity index is 2.81. The summed E-state index contributed by atoms with van der Waals surface area (Å²) in [6.45, 7) is 2.18. The van der Waals surface area contributed by atoms with Gasteiger partial charge < -0.3 is 14.8 Å². The molecule has 0 unspecified atom stereocenters. The van der Waals surface area contributed by atoms with E-state index in [0.717, 1.165) is 6.42 Å². The maximum Gasteiger partial charge on any atom is 0.338 e. The van der Waals surface area contributed by atoms with Crippen LogP contribution < -0.4 is 5.32 Å². The van der Waals surface area contributed by atoms with Gasteiger partial charge >= 0.3 is 5.97 Å². The average molecular weight is 286 g/mol. The normalized spacial score (nSPS) is 10.1. The average Bonchev–Trinajstić information content (AvgIpc) is 2.38. The summed E-state index contributed by atoms with van der Waals surface area (Å²) >= 11 is 5.94. The van der Waals surface area contributed by atoms with Crippen molar-refractivity contribution in [3.63, 3.8) is 0 Å². The zero-order valence-electron chi connectivity index (χ0n) is 10.9. The van der Waals surface area contributed by atoms with Crippen molar-refractivity contribution in [2.75, 3.05) is 25.6 Å². The monoisotopic (exact) mass is 285 g/mol. The van der Waals surface area contributed by atoms with E-state index in [-0.39, 0.29) is 12.5 Å². The molecule has 0 fully saturated rings. The fourth-order valence-corrected chi connectivity index (χ4v) is 1.51. The SMILES string of the molecule is CCCOC(=O)c1ccc(Cl)c(NC(=O)COC)c1. The summed E-state index contributed by atoms with van der Waals surface area (Å²) in [5.74, 6) is -0.788. The van der Waals surface area contributed by atoms with Gasteiger partial charge in [-0.1, -0.05) is 18.5 Å². The first-order valence-corrected chi connectivity index (χ1v) is 6.21. The fraction of sp³-hybridized carbons (Fsp3) is 0.385. The van der Waals surface area contributed by atoms with Crippen LogP contribution in [0.15, 0.2) is 18.2 Å². The Morgan fingerprint density at radius 1 is 1.37 bits per heavy atom. The van der Waals surface area contributed by atoms with Crippen LogP contribution in [0.4, 0.5) is 5.69 Å². The second-order valence-corrected chi connectivity index (χ2v) is 4.22. The van der Waals surface area contributed by atoms with Gasteiger partial charge in [-0.15, -0.1) is 0 Å². The molecule has 0 aliphatic carbocycles. The zero-order chi connectivity index (χ0) is 14.3. The maximum absolute atomic E-state index is 11.7. The highest BCUT2D eigenvalue weighted by atomic mass is 35.5. The molecule has 0 spiro atoms. The highest BCUT2D eigenvalue weighted by molar-refractivity contribution is 6.33. The lowest BCUT2D eigenvalue weighted by molar-refractivity contribution is -0.119. The first-order chi connectivity index (χ1) is 9.08. The van der Waals surface area contributed by atoms with Crippen molar-refractivity contribution in [2.24, 2.45) is 0 Å². The third-order valence-electron chi connectivity index (χ3n) is 2.19. The van der Waals surface area contributed by atoms with Crippen molar-refractivity contribution in [3.8, 4) is 0 Å². The third-order valence-corrected chi connectivity index (χ3v) is 2.52. The molecule has 1 rings (SSSR count). The molecule has 0 atom stereocenters. The number of rotatable bonds is 6. The number of halogens is 1. The minimum absolute atomic E-state index is 0.0825. The topological polar surface area (TPSA) is 64.6 Å². The van der Waals surface area contributed by atoms with Crippen LogP contribution in [0, 0.1) is 0 Å². The number of hydrogen-bond donors (Lipinski definition) is 1. The summed E-state index contributed by atoms with van der Waals surface area (Å²) < 4.78 is 9.70. The summed E-state index contributed by atoms with van der Waals surface area (Å²) in [4.78, 5) is 23.1. The smallest absolute Gasteiger partial charge is 0.338 e. The number of ether oxygens (including phenoxy) is 2. The largest absolute Gasteiger partial charge is 0.462 e. The summed E-state index contributed by atoms with van der Waals surface area (Å²) in [5.41, 5.74) is 0.695. The predicted molar refractivity (Wildman–Crippen MR) is 72.5 cm³/mol. The van der Waals surface area contributed by atoms with Gasteiger partial charge in [0.25, 0.3) is 0 Å². The molecule has 1 aromatic carbocycles. The van der Waals surface area contributed by atoms with E-state index < -0.39 is 5.97 Å². The van der Waals surface area contributed by atoms with Crippen molar-refractivity contribution in [1.29, 1.82) is 0 Å². The van der Waals surface area contributed by atoms with Gasteiger partial charge in [0.2, 0.25) is 5.91 Å². The van der Waals surface area contributed by atoms with Crippen LogP contribution in [0.5, 0.6) is 0 Å². The molecule has 0 aliphatic rings. The summed E-state index contributed by atoms with van der Waals surface area (Å²) in [7, 11) is 1.42. The van der Waals surface area contributed by atoms with Gasteiger partial charge in [-0.2, -0.15) is 0 Å². The molecule has 0 heterocycles. The van der Waals surface area contributed by atoms with Crippen molar-refractivity contribution < 1.29 is 19.1 Å².